The molecule has 7 heteroatoms. The smallest absolute Gasteiger partial charge is 0.251 e. The molecule has 116 valence electrons. The average Bonchev–Trinajstić information content (AvgIpc) is 2.99. The number of piperidine rings is 1. The molecule has 1 aliphatic rings. The lowest BCUT2D eigenvalue weighted by Crippen LogP contribution is -2.44. The molecule has 2 heterocycles. The summed E-state index contributed by atoms with van der Waals surface area (Å²) in [5.41, 5.74) is 1.81. The number of nitrogens with one attached hydrogen (secondary N) is 2. The molecular weight excluding hydrogens is 282 g/mol. The first-order valence-corrected chi connectivity index (χ1v) is 7.50. The van der Waals surface area contributed by atoms with E-state index in [0.29, 0.717) is 22.5 Å². The van der Waals surface area contributed by atoms with Crippen molar-refractivity contribution in [3.05, 3.63) is 23.8 Å². The third kappa shape index (κ3) is 3.08. The van der Waals surface area contributed by atoms with Crippen molar-refractivity contribution < 1.29 is 9.59 Å². The van der Waals surface area contributed by atoms with Crippen LogP contribution >= 0.6 is 0 Å². The number of carbonyl (C=O) groups is 2. The van der Waals surface area contributed by atoms with E-state index in [0.717, 1.165) is 25.9 Å². The molecule has 22 heavy (non-hydrogen) atoms. The van der Waals surface area contributed by atoms with Crippen molar-refractivity contribution in [1.82, 2.24) is 25.6 Å². The molecule has 0 bridgehead atoms. The summed E-state index contributed by atoms with van der Waals surface area (Å²) in [5.74, 6) is 0.230. The lowest BCUT2D eigenvalue weighted by atomic mass is 10.0. The lowest BCUT2D eigenvalue weighted by molar-refractivity contribution is -0.131. The minimum Gasteiger partial charge on any atom is -0.343 e. The number of hydrogen-bond acceptors (Lipinski definition) is 4. The molecular formula is C15H19N5O2. The molecule has 1 aromatic heterocycles. The zero-order valence-electron chi connectivity index (χ0n) is 12.5. The van der Waals surface area contributed by atoms with E-state index in [1.54, 1.807) is 18.2 Å². The summed E-state index contributed by atoms with van der Waals surface area (Å²) in [7, 11) is 0. The van der Waals surface area contributed by atoms with Crippen LogP contribution in [0.1, 0.15) is 30.1 Å². The Morgan fingerprint density at radius 1 is 1.36 bits per heavy atom. The van der Waals surface area contributed by atoms with Gasteiger partial charge in [0.05, 0.1) is 6.54 Å². The fourth-order valence-electron chi connectivity index (χ4n) is 2.77. The van der Waals surface area contributed by atoms with Crippen LogP contribution in [0.3, 0.4) is 0 Å². The standard InChI is InChI=1S/C15H19N5O2/c1-10-3-2-6-20(9-10)14(21)8-16-15(22)11-4-5-12-13(7-11)18-19-17-12/h4-5,7,10H,2-3,6,8-9H2,1H3,(H,16,22)(H,17,18,19). The van der Waals surface area contributed by atoms with Crippen LogP contribution in [0, 0.1) is 5.92 Å². The molecule has 1 atom stereocenters. The molecule has 2 N–H and O–H groups in total. The lowest BCUT2D eigenvalue weighted by Gasteiger charge is -2.31. The SMILES string of the molecule is CC1CCCN(C(=O)CNC(=O)c2ccc3n[nH]nc3c2)C1. The van der Waals surface area contributed by atoms with E-state index in [2.05, 4.69) is 27.7 Å². The highest BCUT2D eigenvalue weighted by molar-refractivity contribution is 5.98. The highest BCUT2D eigenvalue weighted by atomic mass is 16.2. The Morgan fingerprint density at radius 3 is 3.00 bits per heavy atom. The van der Waals surface area contributed by atoms with Crippen LogP contribution in [0.25, 0.3) is 11.0 Å². The predicted molar refractivity (Wildman–Crippen MR) is 81.2 cm³/mol. The van der Waals surface area contributed by atoms with Crippen molar-refractivity contribution in [2.75, 3.05) is 19.6 Å². The van der Waals surface area contributed by atoms with Crippen LogP contribution in [0.4, 0.5) is 0 Å². The summed E-state index contributed by atoms with van der Waals surface area (Å²) < 4.78 is 0. The fraction of sp³-hybridized carbons (Fsp3) is 0.467. The van der Waals surface area contributed by atoms with Gasteiger partial charge in [-0.15, -0.1) is 0 Å². The number of likely N-dealkylation sites (tertiary alicyclic amines) is 1. The van der Waals surface area contributed by atoms with Gasteiger partial charge in [-0.25, -0.2) is 0 Å². The number of aromatic nitrogens is 3. The van der Waals surface area contributed by atoms with Crippen molar-refractivity contribution in [1.29, 1.82) is 0 Å². The minimum absolute atomic E-state index is 0.0255. The van der Waals surface area contributed by atoms with E-state index < -0.39 is 0 Å². The van der Waals surface area contributed by atoms with Gasteiger partial charge in [-0.3, -0.25) is 9.59 Å². The van der Waals surface area contributed by atoms with Crippen LogP contribution in [0.2, 0.25) is 0 Å². The number of amides is 2. The van der Waals surface area contributed by atoms with Gasteiger partial charge in [0.1, 0.15) is 11.0 Å². The molecule has 2 aromatic rings. The van der Waals surface area contributed by atoms with E-state index in [4.69, 9.17) is 0 Å². The van der Waals surface area contributed by atoms with Gasteiger partial charge in [0, 0.05) is 18.7 Å². The molecule has 1 saturated heterocycles. The van der Waals surface area contributed by atoms with E-state index in [1.165, 1.54) is 0 Å². The maximum atomic E-state index is 12.1. The summed E-state index contributed by atoms with van der Waals surface area (Å²) in [5, 5.41) is 13.1. The molecule has 1 fully saturated rings. The second-order valence-electron chi connectivity index (χ2n) is 5.80. The average molecular weight is 301 g/mol. The fourth-order valence-corrected chi connectivity index (χ4v) is 2.77. The number of fused-ring (bicyclic) bond motifs is 1. The third-order valence-corrected chi connectivity index (χ3v) is 3.99. The zero-order chi connectivity index (χ0) is 15.5. The quantitative estimate of drug-likeness (QED) is 0.883. The third-order valence-electron chi connectivity index (χ3n) is 3.99. The van der Waals surface area contributed by atoms with Crippen LogP contribution in [-0.2, 0) is 4.79 Å². The molecule has 1 aliphatic heterocycles. The molecule has 0 saturated carbocycles. The van der Waals surface area contributed by atoms with E-state index >= 15 is 0 Å². The van der Waals surface area contributed by atoms with Crippen molar-refractivity contribution in [3.63, 3.8) is 0 Å². The molecule has 7 nitrogen and oxygen atoms in total. The number of rotatable bonds is 3. The number of H-pyrrole nitrogens is 1. The summed E-state index contributed by atoms with van der Waals surface area (Å²) in [6, 6.07) is 5.05. The summed E-state index contributed by atoms with van der Waals surface area (Å²) in [6.45, 7) is 3.73. The largest absolute Gasteiger partial charge is 0.343 e. The number of benzene rings is 1. The molecule has 3 rings (SSSR count). The summed E-state index contributed by atoms with van der Waals surface area (Å²) >= 11 is 0. The van der Waals surface area contributed by atoms with Crippen molar-refractivity contribution in [2.45, 2.75) is 19.8 Å². The van der Waals surface area contributed by atoms with Gasteiger partial charge in [0.15, 0.2) is 0 Å². The zero-order valence-corrected chi connectivity index (χ0v) is 12.5. The first-order valence-electron chi connectivity index (χ1n) is 7.50. The van der Waals surface area contributed by atoms with Crippen LogP contribution in [-0.4, -0.2) is 51.8 Å². The summed E-state index contributed by atoms with van der Waals surface area (Å²) in [4.78, 5) is 26.1. The normalized spacial score (nSPS) is 18.4. The maximum Gasteiger partial charge on any atom is 0.251 e. The number of nitrogens with zero attached hydrogens (tertiary/aromatic N) is 3. The minimum atomic E-state index is -0.275. The Labute approximate surface area is 128 Å². The van der Waals surface area contributed by atoms with E-state index in [9.17, 15) is 9.59 Å². The molecule has 2 amide bonds. The first-order chi connectivity index (χ1) is 10.6. The van der Waals surface area contributed by atoms with E-state index in [1.807, 2.05) is 4.90 Å². The maximum absolute atomic E-state index is 12.1. The number of carbonyl (C=O) groups excluding carboxylic acids is 2. The predicted octanol–water partition coefficient (Wildman–Crippen LogP) is 0.946. The van der Waals surface area contributed by atoms with Crippen molar-refractivity contribution in [2.24, 2.45) is 5.92 Å². The number of hydrogen-bond donors (Lipinski definition) is 2. The van der Waals surface area contributed by atoms with Gasteiger partial charge in [-0.05, 0) is 37.0 Å². The van der Waals surface area contributed by atoms with Crippen LogP contribution in [0.15, 0.2) is 18.2 Å². The second kappa shape index (κ2) is 6.13. The Morgan fingerprint density at radius 2 is 2.18 bits per heavy atom. The van der Waals surface area contributed by atoms with Gasteiger partial charge in [-0.1, -0.05) is 6.92 Å². The van der Waals surface area contributed by atoms with Gasteiger partial charge in [0.2, 0.25) is 5.91 Å². The van der Waals surface area contributed by atoms with Crippen LogP contribution in [0.5, 0.6) is 0 Å². The van der Waals surface area contributed by atoms with Crippen LogP contribution < -0.4 is 5.32 Å². The molecule has 0 radical (unpaired) electrons. The second-order valence-corrected chi connectivity index (χ2v) is 5.80. The molecule has 0 aliphatic carbocycles. The van der Waals surface area contributed by atoms with Gasteiger partial charge in [-0.2, -0.15) is 15.4 Å². The highest BCUT2D eigenvalue weighted by Gasteiger charge is 2.21. The number of aromatic amines is 1. The Bertz CT molecular complexity index is 696. The Kier molecular flexibility index (Phi) is 4.04. The van der Waals surface area contributed by atoms with Gasteiger partial charge in [0.25, 0.3) is 5.91 Å². The summed E-state index contributed by atoms with van der Waals surface area (Å²) in [6.07, 6.45) is 2.19. The Balaban J connectivity index is 1.58. The Hall–Kier alpha value is -2.44. The van der Waals surface area contributed by atoms with Crippen molar-refractivity contribution >= 4 is 22.8 Å². The van der Waals surface area contributed by atoms with Gasteiger partial charge < -0.3 is 10.2 Å². The highest BCUT2D eigenvalue weighted by Crippen LogP contribution is 2.15. The monoisotopic (exact) mass is 301 g/mol. The van der Waals surface area contributed by atoms with Gasteiger partial charge >= 0.3 is 0 Å². The first kappa shape index (κ1) is 14.5. The van der Waals surface area contributed by atoms with Crippen molar-refractivity contribution in [3.8, 4) is 0 Å². The topological polar surface area (TPSA) is 91.0 Å². The molecule has 0 spiro atoms. The molecule has 1 aromatic carbocycles. The van der Waals surface area contributed by atoms with E-state index in [-0.39, 0.29) is 18.4 Å². The molecule has 1 unspecified atom stereocenters.